The van der Waals surface area contributed by atoms with E-state index in [9.17, 15) is 0 Å². The van der Waals surface area contributed by atoms with Gasteiger partial charge < -0.3 is 4.74 Å². The number of benzene rings is 2. The van der Waals surface area contributed by atoms with Gasteiger partial charge in [-0.1, -0.05) is 29.3 Å². The molecule has 0 aliphatic rings. The minimum Gasteiger partial charge on any atom is -0.457 e. The lowest BCUT2D eigenvalue weighted by Crippen LogP contribution is -1.88. The molecule has 18 heavy (non-hydrogen) atoms. The summed E-state index contributed by atoms with van der Waals surface area (Å²) in [5.41, 5.74) is 2.18. The van der Waals surface area contributed by atoms with E-state index in [4.69, 9.17) is 39.5 Å². The Morgan fingerprint density at radius 3 is 2.17 bits per heavy atom. The van der Waals surface area contributed by atoms with Crippen molar-refractivity contribution in [1.82, 2.24) is 0 Å². The molecule has 0 N–H and O–H groups in total. The van der Waals surface area contributed by atoms with Gasteiger partial charge in [0.05, 0.1) is 0 Å². The first-order valence-electron chi connectivity index (χ1n) is 5.38. The van der Waals surface area contributed by atoms with Crippen molar-refractivity contribution in [1.29, 1.82) is 0 Å². The van der Waals surface area contributed by atoms with Gasteiger partial charge in [0.1, 0.15) is 11.5 Å². The number of rotatable bonds is 3. The maximum atomic E-state index is 5.91. The van der Waals surface area contributed by atoms with Crippen molar-refractivity contribution in [2.24, 2.45) is 0 Å². The summed E-state index contributed by atoms with van der Waals surface area (Å²) in [5, 5.41) is 1.10. The van der Waals surface area contributed by atoms with Crippen molar-refractivity contribution >= 4 is 34.8 Å². The van der Waals surface area contributed by atoms with Crippen LogP contribution in [0.4, 0.5) is 0 Å². The van der Waals surface area contributed by atoms with E-state index in [2.05, 4.69) is 0 Å². The maximum absolute atomic E-state index is 5.91. The quantitative estimate of drug-likeness (QED) is 0.648. The SMILES string of the molecule is Cc1cc(Oc2cc(Cl)cc(Cl)c2)ccc1CCl. The Labute approximate surface area is 121 Å². The third-order valence-corrected chi connectivity index (χ3v) is 3.25. The highest BCUT2D eigenvalue weighted by molar-refractivity contribution is 6.34. The van der Waals surface area contributed by atoms with Crippen LogP contribution in [0.1, 0.15) is 11.1 Å². The van der Waals surface area contributed by atoms with Gasteiger partial charge in [-0.25, -0.2) is 0 Å². The summed E-state index contributed by atoms with van der Waals surface area (Å²) in [6, 6.07) is 10.9. The molecule has 2 aromatic carbocycles. The van der Waals surface area contributed by atoms with Gasteiger partial charge in [-0.05, 0) is 48.4 Å². The van der Waals surface area contributed by atoms with Gasteiger partial charge in [0, 0.05) is 15.9 Å². The second-order valence-electron chi connectivity index (χ2n) is 3.93. The van der Waals surface area contributed by atoms with Crippen molar-refractivity contribution in [2.75, 3.05) is 0 Å². The summed E-state index contributed by atoms with van der Waals surface area (Å²) in [7, 11) is 0. The van der Waals surface area contributed by atoms with E-state index in [0.29, 0.717) is 21.7 Å². The molecule has 0 atom stereocenters. The van der Waals surface area contributed by atoms with Gasteiger partial charge in [0.25, 0.3) is 0 Å². The van der Waals surface area contributed by atoms with Crippen LogP contribution in [0.5, 0.6) is 11.5 Å². The van der Waals surface area contributed by atoms with Gasteiger partial charge >= 0.3 is 0 Å². The first-order valence-corrected chi connectivity index (χ1v) is 6.67. The van der Waals surface area contributed by atoms with E-state index in [1.165, 1.54) is 0 Å². The molecule has 4 heteroatoms. The van der Waals surface area contributed by atoms with Crippen LogP contribution in [-0.2, 0) is 5.88 Å². The molecule has 2 aromatic rings. The maximum Gasteiger partial charge on any atom is 0.130 e. The zero-order valence-electron chi connectivity index (χ0n) is 9.71. The number of hydrogen-bond acceptors (Lipinski definition) is 1. The second-order valence-corrected chi connectivity index (χ2v) is 5.07. The number of hydrogen-bond donors (Lipinski definition) is 0. The van der Waals surface area contributed by atoms with Crippen LogP contribution in [0.15, 0.2) is 36.4 Å². The van der Waals surface area contributed by atoms with Gasteiger partial charge in [-0.2, -0.15) is 0 Å². The molecule has 0 saturated carbocycles. The van der Waals surface area contributed by atoms with Gasteiger partial charge in [-0.15, -0.1) is 11.6 Å². The standard InChI is InChI=1S/C14H11Cl3O/c1-9-4-13(3-2-10(9)8-15)18-14-6-11(16)5-12(17)7-14/h2-7H,8H2,1H3. The predicted octanol–water partition coefficient (Wildman–Crippen LogP) is 5.83. The van der Waals surface area contributed by atoms with E-state index in [0.717, 1.165) is 16.9 Å². The fraction of sp³-hybridized carbons (Fsp3) is 0.143. The number of ether oxygens (including phenoxy) is 1. The molecule has 0 radical (unpaired) electrons. The largest absolute Gasteiger partial charge is 0.457 e. The van der Waals surface area contributed by atoms with E-state index in [1.54, 1.807) is 18.2 Å². The van der Waals surface area contributed by atoms with Crippen molar-refractivity contribution in [3.63, 3.8) is 0 Å². The number of aryl methyl sites for hydroxylation is 1. The lowest BCUT2D eigenvalue weighted by molar-refractivity contribution is 0.482. The molecule has 0 aromatic heterocycles. The van der Waals surface area contributed by atoms with Crippen LogP contribution in [0.3, 0.4) is 0 Å². The van der Waals surface area contributed by atoms with Crippen LogP contribution < -0.4 is 4.74 Å². The lowest BCUT2D eigenvalue weighted by Gasteiger charge is -2.09. The van der Waals surface area contributed by atoms with E-state index >= 15 is 0 Å². The van der Waals surface area contributed by atoms with Crippen molar-refractivity contribution < 1.29 is 4.74 Å². The third kappa shape index (κ3) is 3.32. The lowest BCUT2D eigenvalue weighted by atomic mass is 10.1. The average molecular weight is 302 g/mol. The summed E-state index contributed by atoms with van der Waals surface area (Å²) >= 11 is 17.6. The Balaban J connectivity index is 2.25. The molecule has 0 aliphatic heterocycles. The molecule has 0 spiro atoms. The number of alkyl halides is 1. The van der Waals surface area contributed by atoms with Crippen molar-refractivity contribution in [2.45, 2.75) is 12.8 Å². The first kappa shape index (κ1) is 13.5. The normalized spacial score (nSPS) is 10.4. The molecular formula is C14H11Cl3O. The molecule has 0 heterocycles. The molecule has 0 saturated heterocycles. The van der Waals surface area contributed by atoms with Crippen LogP contribution in [0.25, 0.3) is 0 Å². The summed E-state index contributed by atoms with van der Waals surface area (Å²) < 4.78 is 5.71. The van der Waals surface area contributed by atoms with Crippen LogP contribution in [0.2, 0.25) is 10.0 Å². The fourth-order valence-electron chi connectivity index (χ4n) is 1.61. The molecule has 0 fully saturated rings. The topological polar surface area (TPSA) is 9.23 Å². The Morgan fingerprint density at radius 2 is 1.61 bits per heavy atom. The zero-order chi connectivity index (χ0) is 13.1. The minimum atomic E-state index is 0.495. The highest BCUT2D eigenvalue weighted by atomic mass is 35.5. The summed E-state index contributed by atoms with van der Waals surface area (Å²) in [6.07, 6.45) is 0. The molecule has 0 unspecified atom stereocenters. The minimum absolute atomic E-state index is 0.495. The van der Waals surface area contributed by atoms with E-state index in [-0.39, 0.29) is 0 Å². The predicted molar refractivity (Wildman–Crippen MR) is 77.3 cm³/mol. The summed E-state index contributed by atoms with van der Waals surface area (Å²) in [6.45, 7) is 2.00. The molecule has 1 nitrogen and oxygen atoms in total. The van der Waals surface area contributed by atoms with Crippen molar-refractivity contribution in [3.8, 4) is 11.5 Å². The second kappa shape index (κ2) is 5.83. The monoisotopic (exact) mass is 300 g/mol. The smallest absolute Gasteiger partial charge is 0.130 e. The van der Waals surface area contributed by atoms with Crippen molar-refractivity contribution in [3.05, 3.63) is 57.6 Å². The molecule has 0 aliphatic carbocycles. The highest BCUT2D eigenvalue weighted by Crippen LogP contribution is 2.29. The van der Waals surface area contributed by atoms with E-state index in [1.807, 2.05) is 25.1 Å². The fourth-order valence-corrected chi connectivity index (χ4v) is 2.41. The van der Waals surface area contributed by atoms with E-state index < -0.39 is 0 Å². The first-order chi connectivity index (χ1) is 8.58. The highest BCUT2D eigenvalue weighted by Gasteiger charge is 2.03. The average Bonchev–Trinajstić information content (AvgIpc) is 2.27. The summed E-state index contributed by atoms with van der Waals surface area (Å²) in [5.74, 6) is 1.85. The molecule has 94 valence electrons. The van der Waals surface area contributed by atoms with Gasteiger partial charge in [0.2, 0.25) is 0 Å². The molecule has 0 bridgehead atoms. The zero-order valence-corrected chi connectivity index (χ0v) is 12.0. The van der Waals surface area contributed by atoms with Gasteiger partial charge in [0.15, 0.2) is 0 Å². The van der Waals surface area contributed by atoms with Crippen LogP contribution >= 0.6 is 34.8 Å². The van der Waals surface area contributed by atoms with Gasteiger partial charge in [-0.3, -0.25) is 0 Å². The Bertz CT molecular complexity index is 547. The Hall–Kier alpha value is -0.890. The Kier molecular flexibility index (Phi) is 4.39. The third-order valence-electron chi connectivity index (χ3n) is 2.53. The number of halogens is 3. The summed E-state index contributed by atoms with van der Waals surface area (Å²) in [4.78, 5) is 0. The van der Waals surface area contributed by atoms with Crippen LogP contribution in [-0.4, -0.2) is 0 Å². The molecule has 0 amide bonds. The Morgan fingerprint density at radius 1 is 0.944 bits per heavy atom. The molecular weight excluding hydrogens is 291 g/mol. The van der Waals surface area contributed by atoms with Crippen LogP contribution in [0, 0.1) is 6.92 Å². The molecule has 2 rings (SSSR count).